The first-order valence-electron chi connectivity index (χ1n) is 6.45. The second-order valence-corrected chi connectivity index (χ2v) is 5.25. The van der Waals surface area contributed by atoms with Crippen LogP contribution in [0.25, 0.3) is 11.1 Å². The molecule has 0 aliphatic carbocycles. The van der Waals surface area contributed by atoms with Gasteiger partial charge in [0.15, 0.2) is 0 Å². The minimum absolute atomic E-state index is 0.415. The van der Waals surface area contributed by atoms with E-state index >= 15 is 0 Å². The van der Waals surface area contributed by atoms with E-state index in [1.165, 1.54) is 6.33 Å². The van der Waals surface area contributed by atoms with Crippen molar-refractivity contribution in [1.29, 1.82) is 0 Å². The van der Waals surface area contributed by atoms with E-state index in [1.807, 2.05) is 38.1 Å². The van der Waals surface area contributed by atoms with Gasteiger partial charge in [0.05, 0.1) is 5.76 Å². The largest absolute Gasteiger partial charge is 0.563 e. The van der Waals surface area contributed by atoms with Crippen molar-refractivity contribution in [3.8, 4) is 11.1 Å². The molecule has 20 heavy (non-hydrogen) atoms. The average Bonchev–Trinajstić information content (AvgIpc) is 2.74. The second-order valence-electron chi connectivity index (χ2n) is 5.25. The number of hydrogen-bond donors (Lipinski definition) is 0. The zero-order chi connectivity index (χ0) is 14.2. The Balaban J connectivity index is 1.92. The van der Waals surface area contributed by atoms with E-state index in [1.54, 1.807) is 12.4 Å². The number of benzene rings is 1. The third-order valence-electron chi connectivity index (χ3n) is 3.38. The molecule has 0 saturated carbocycles. The lowest BCUT2D eigenvalue weighted by molar-refractivity contribution is 0.173. The van der Waals surface area contributed by atoms with Crippen molar-refractivity contribution in [3.05, 3.63) is 55.3 Å². The molecule has 1 aliphatic rings. The summed E-state index contributed by atoms with van der Waals surface area (Å²) in [5.74, 6) is 0.649. The highest BCUT2D eigenvalue weighted by Gasteiger charge is 2.42. The van der Waals surface area contributed by atoms with E-state index in [9.17, 15) is 0 Å². The molecule has 5 heteroatoms. The molecule has 0 amide bonds. The van der Waals surface area contributed by atoms with Gasteiger partial charge in [-0.1, -0.05) is 30.8 Å². The third kappa shape index (κ3) is 2.32. The van der Waals surface area contributed by atoms with Gasteiger partial charge in [0.25, 0.3) is 0 Å². The molecule has 1 aliphatic heterocycles. The topological polar surface area (TPSA) is 44.2 Å². The van der Waals surface area contributed by atoms with E-state index in [2.05, 4.69) is 16.5 Å². The standard InChI is InChI=1S/C15H15BN2O2/c1-11-15(2,3)20-16(19-11)14-6-4-5-12(7-14)13-8-17-10-18-9-13/h4-10H,1H2,2-3H3. The average molecular weight is 266 g/mol. The lowest BCUT2D eigenvalue weighted by Crippen LogP contribution is -2.34. The molecular weight excluding hydrogens is 251 g/mol. The molecule has 4 nitrogen and oxygen atoms in total. The SMILES string of the molecule is C=C1OB(c2cccc(-c3cncnc3)c2)OC1(C)C. The summed E-state index contributed by atoms with van der Waals surface area (Å²) in [4.78, 5) is 8.07. The molecule has 0 spiro atoms. The van der Waals surface area contributed by atoms with Crippen LogP contribution in [0.4, 0.5) is 0 Å². The summed E-state index contributed by atoms with van der Waals surface area (Å²) in [6.07, 6.45) is 5.08. The molecule has 3 rings (SSSR count). The zero-order valence-electron chi connectivity index (χ0n) is 11.5. The molecule has 1 fully saturated rings. The predicted molar refractivity (Wildman–Crippen MR) is 78.2 cm³/mol. The molecule has 2 aromatic rings. The first kappa shape index (κ1) is 12.9. The van der Waals surface area contributed by atoms with Gasteiger partial charge in [-0.05, 0) is 24.9 Å². The van der Waals surface area contributed by atoms with Gasteiger partial charge >= 0.3 is 7.12 Å². The number of hydrogen-bond acceptors (Lipinski definition) is 4. The molecule has 0 N–H and O–H groups in total. The number of aromatic nitrogens is 2. The van der Waals surface area contributed by atoms with E-state index < -0.39 is 12.7 Å². The van der Waals surface area contributed by atoms with E-state index in [-0.39, 0.29) is 0 Å². The summed E-state index contributed by atoms with van der Waals surface area (Å²) in [6, 6.07) is 7.99. The van der Waals surface area contributed by atoms with Gasteiger partial charge in [-0.25, -0.2) is 9.97 Å². The fraction of sp³-hybridized carbons (Fsp3) is 0.200. The first-order chi connectivity index (χ1) is 9.56. The quantitative estimate of drug-likeness (QED) is 0.781. The van der Waals surface area contributed by atoms with Crippen molar-refractivity contribution < 1.29 is 9.31 Å². The maximum atomic E-state index is 5.88. The Bertz CT molecular complexity index is 643. The van der Waals surface area contributed by atoms with Crippen molar-refractivity contribution >= 4 is 12.6 Å². The van der Waals surface area contributed by atoms with Crippen molar-refractivity contribution in [2.45, 2.75) is 19.4 Å². The van der Waals surface area contributed by atoms with Crippen LogP contribution in [0.3, 0.4) is 0 Å². The summed E-state index contributed by atoms with van der Waals surface area (Å²) in [6.45, 7) is 7.79. The molecule has 1 saturated heterocycles. The van der Waals surface area contributed by atoms with Crippen LogP contribution in [0.1, 0.15) is 13.8 Å². The molecule has 100 valence electrons. The Hall–Kier alpha value is -2.14. The highest BCUT2D eigenvalue weighted by atomic mass is 16.7. The Morgan fingerprint density at radius 3 is 2.55 bits per heavy atom. The van der Waals surface area contributed by atoms with Gasteiger partial charge in [-0.2, -0.15) is 0 Å². The lowest BCUT2D eigenvalue weighted by atomic mass is 9.78. The fourth-order valence-corrected chi connectivity index (χ4v) is 2.08. The van der Waals surface area contributed by atoms with Gasteiger partial charge in [0, 0.05) is 18.0 Å². The van der Waals surface area contributed by atoms with Gasteiger partial charge in [-0.3, -0.25) is 0 Å². The number of rotatable bonds is 2. The summed E-state index contributed by atoms with van der Waals surface area (Å²) >= 11 is 0. The smallest absolute Gasteiger partial charge is 0.534 e. The third-order valence-corrected chi connectivity index (χ3v) is 3.38. The monoisotopic (exact) mass is 266 g/mol. The fourth-order valence-electron chi connectivity index (χ4n) is 2.08. The van der Waals surface area contributed by atoms with Crippen LogP contribution >= 0.6 is 0 Å². The molecule has 2 heterocycles. The van der Waals surface area contributed by atoms with Crippen molar-refractivity contribution in [2.24, 2.45) is 0 Å². The van der Waals surface area contributed by atoms with Crippen molar-refractivity contribution in [1.82, 2.24) is 9.97 Å². The van der Waals surface area contributed by atoms with Crippen LogP contribution in [0.2, 0.25) is 0 Å². The van der Waals surface area contributed by atoms with Crippen LogP contribution in [-0.2, 0) is 9.31 Å². The van der Waals surface area contributed by atoms with Crippen molar-refractivity contribution in [3.63, 3.8) is 0 Å². The van der Waals surface area contributed by atoms with Crippen LogP contribution < -0.4 is 5.46 Å². The molecular formula is C15H15BN2O2. The minimum atomic E-state index is -0.462. The van der Waals surface area contributed by atoms with Crippen LogP contribution in [0, 0.1) is 0 Å². The molecule has 0 atom stereocenters. The first-order valence-corrected chi connectivity index (χ1v) is 6.45. The minimum Gasteiger partial charge on any atom is -0.534 e. The highest BCUT2D eigenvalue weighted by Crippen LogP contribution is 2.29. The molecule has 0 radical (unpaired) electrons. The Morgan fingerprint density at radius 1 is 1.15 bits per heavy atom. The Labute approximate surface area is 118 Å². The normalized spacial score (nSPS) is 17.1. The highest BCUT2D eigenvalue weighted by molar-refractivity contribution is 6.62. The Kier molecular flexibility index (Phi) is 3.06. The molecule has 1 aromatic heterocycles. The summed E-state index contributed by atoms with van der Waals surface area (Å²) in [7, 11) is -0.415. The zero-order valence-corrected chi connectivity index (χ0v) is 11.5. The van der Waals surface area contributed by atoms with Gasteiger partial charge < -0.3 is 9.31 Å². The van der Waals surface area contributed by atoms with E-state index in [4.69, 9.17) is 9.31 Å². The Morgan fingerprint density at radius 2 is 1.90 bits per heavy atom. The van der Waals surface area contributed by atoms with Gasteiger partial charge in [0.2, 0.25) is 0 Å². The van der Waals surface area contributed by atoms with E-state index in [0.29, 0.717) is 5.76 Å². The van der Waals surface area contributed by atoms with Crippen LogP contribution in [0.5, 0.6) is 0 Å². The second kappa shape index (κ2) is 4.76. The summed E-state index contributed by atoms with van der Waals surface area (Å²) in [5.41, 5.74) is 2.49. The molecule has 0 unspecified atom stereocenters. The lowest BCUT2D eigenvalue weighted by Gasteiger charge is -2.15. The maximum absolute atomic E-state index is 5.88. The summed E-state index contributed by atoms with van der Waals surface area (Å²) < 4.78 is 11.6. The predicted octanol–water partition coefficient (Wildman–Crippen LogP) is 2.18. The molecule has 1 aromatic carbocycles. The maximum Gasteiger partial charge on any atom is 0.563 e. The van der Waals surface area contributed by atoms with Crippen LogP contribution in [-0.4, -0.2) is 22.7 Å². The van der Waals surface area contributed by atoms with Crippen LogP contribution in [0.15, 0.2) is 55.3 Å². The van der Waals surface area contributed by atoms with Gasteiger partial charge in [-0.15, -0.1) is 0 Å². The van der Waals surface area contributed by atoms with Crippen molar-refractivity contribution in [2.75, 3.05) is 0 Å². The molecule has 0 bridgehead atoms. The van der Waals surface area contributed by atoms with E-state index in [0.717, 1.165) is 16.6 Å². The summed E-state index contributed by atoms with van der Waals surface area (Å²) in [5, 5.41) is 0. The number of nitrogens with zero attached hydrogens (tertiary/aromatic N) is 2. The van der Waals surface area contributed by atoms with Gasteiger partial charge in [0.1, 0.15) is 11.9 Å².